The zero-order valence-electron chi connectivity index (χ0n) is 10.1. The van der Waals surface area contributed by atoms with Gasteiger partial charge in [-0.2, -0.15) is 13.2 Å². The van der Waals surface area contributed by atoms with Crippen molar-refractivity contribution in [3.05, 3.63) is 40.9 Å². The number of alkyl halides is 3. The van der Waals surface area contributed by atoms with Crippen molar-refractivity contribution in [1.82, 2.24) is 4.98 Å². The van der Waals surface area contributed by atoms with Crippen molar-refractivity contribution in [3.63, 3.8) is 0 Å². The van der Waals surface area contributed by atoms with Gasteiger partial charge in [0.25, 0.3) is 0 Å². The van der Waals surface area contributed by atoms with Crippen molar-refractivity contribution in [2.45, 2.75) is 25.6 Å². The van der Waals surface area contributed by atoms with Crippen molar-refractivity contribution in [3.8, 4) is 10.6 Å². The van der Waals surface area contributed by atoms with Crippen molar-refractivity contribution in [2.24, 2.45) is 0 Å². The average Bonchev–Trinajstić information content (AvgIpc) is 2.75. The minimum atomic E-state index is -4.40. The van der Waals surface area contributed by atoms with E-state index in [9.17, 15) is 18.3 Å². The van der Waals surface area contributed by atoms with Gasteiger partial charge in [0.1, 0.15) is 5.01 Å². The van der Waals surface area contributed by atoms with Gasteiger partial charge in [0.05, 0.1) is 11.7 Å². The number of aromatic nitrogens is 1. The molecule has 0 aliphatic rings. The zero-order valence-corrected chi connectivity index (χ0v) is 10.9. The second kappa shape index (κ2) is 5.30. The van der Waals surface area contributed by atoms with E-state index in [4.69, 9.17) is 0 Å². The number of aliphatic hydroxyl groups is 1. The molecule has 0 saturated heterocycles. The summed E-state index contributed by atoms with van der Waals surface area (Å²) in [4.78, 5) is 4.79. The Labute approximate surface area is 112 Å². The summed E-state index contributed by atoms with van der Waals surface area (Å²) >= 11 is 1.17. The molecule has 1 aromatic carbocycles. The first-order valence-electron chi connectivity index (χ1n) is 5.67. The quantitative estimate of drug-likeness (QED) is 0.932. The number of nitrogens with zero attached hydrogens (tertiary/aromatic N) is 1. The minimum Gasteiger partial charge on any atom is -0.393 e. The molecule has 2 rings (SSSR count). The summed E-state index contributed by atoms with van der Waals surface area (Å²) in [6.45, 7) is 1.63. The summed E-state index contributed by atoms with van der Waals surface area (Å²) in [5, 5.41) is 9.59. The molecule has 0 bridgehead atoms. The first kappa shape index (κ1) is 14.0. The average molecular weight is 287 g/mol. The molecule has 2 nitrogen and oxygen atoms in total. The van der Waals surface area contributed by atoms with Gasteiger partial charge in [0.2, 0.25) is 0 Å². The molecule has 2 aromatic rings. The third kappa shape index (κ3) is 3.33. The molecule has 0 aliphatic heterocycles. The highest BCUT2D eigenvalue weighted by atomic mass is 32.1. The predicted molar refractivity (Wildman–Crippen MR) is 67.9 cm³/mol. The number of hydrogen-bond acceptors (Lipinski definition) is 3. The summed E-state index contributed by atoms with van der Waals surface area (Å²) in [6.07, 6.45) is -3.02. The molecule has 0 spiro atoms. The van der Waals surface area contributed by atoms with Gasteiger partial charge in [-0.25, -0.2) is 4.98 Å². The summed E-state index contributed by atoms with van der Waals surface area (Å²) in [5.41, 5.74) is -0.607. The van der Waals surface area contributed by atoms with Crippen LogP contribution >= 0.6 is 11.3 Å². The smallest absolute Gasteiger partial charge is 0.393 e. The first-order valence-corrected chi connectivity index (χ1v) is 6.49. The SMILES string of the molecule is CC(O)Cc1cnc(-c2ccccc2C(F)(F)F)s1. The Kier molecular flexibility index (Phi) is 3.91. The lowest BCUT2D eigenvalue weighted by Crippen LogP contribution is -2.06. The summed E-state index contributed by atoms with van der Waals surface area (Å²) in [5.74, 6) is 0. The minimum absolute atomic E-state index is 0.0804. The molecule has 102 valence electrons. The molecule has 19 heavy (non-hydrogen) atoms. The lowest BCUT2D eigenvalue weighted by atomic mass is 10.1. The molecule has 1 unspecified atom stereocenters. The van der Waals surface area contributed by atoms with Gasteiger partial charge >= 0.3 is 6.18 Å². The van der Waals surface area contributed by atoms with Crippen molar-refractivity contribution in [1.29, 1.82) is 0 Å². The van der Waals surface area contributed by atoms with Gasteiger partial charge in [0, 0.05) is 23.1 Å². The Balaban J connectivity index is 2.39. The molecular weight excluding hydrogens is 275 g/mol. The lowest BCUT2D eigenvalue weighted by Gasteiger charge is -2.10. The standard InChI is InChI=1S/C13H12F3NOS/c1-8(18)6-9-7-17-12(19-9)10-4-2-3-5-11(10)13(14,15)16/h2-5,7-8,18H,6H2,1H3. The normalized spacial score (nSPS) is 13.5. The maximum absolute atomic E-state index is 12.9. The van der Waals surface area contributed by atoms with E-state index in [-0.39, 0.29) is 5.56 Å². The van der Waals surface area contributed by atoms with E-state index < -0.39 is 17.8 Å². The van der Waals surface area contributed by atoms with Crippen LogP contribution in [0.3, 0.4) is 0 Å². The van der Waals surface area contributed by atoms with E-state index in [1.165, 1.54) is 29.7 Å². The third-order valence-corrected chi connectivity index (χ3v) is 3.57. The van der Waals surface area contributed by atoms with E-state index in [2.05, 4.69) is 4.98 Å². The molecular formula is C13H12F3NOS. The largest absolute Gasteiger partial charge is 0.417 e. The van der Waals surface area contributed by atoms with Crippen LogP contribution in [-0.4, -0.2) is 16.2 Å². The maximum Gasteiger partial charge on any atom is 0.417 e. The Bertz CT molecular complexity index is 563. The molecule has 1 atom stereocenters. The van der Waals surface area contributed by atoms with Crippen LogP contribution in [0.2, 0.25) is 0 Å². The van der Waals surface area contributed by atoms with E-state index in [0.717, 1.165) is 10.9 Å². The van der Waals surface area contributed by atoms with Crippen molar-refractivity contribution >= 4 is 11.3 Å². The zero-order chi connectivity index (χ0) is 14.0. The van der Waals surface area contributed by atoms with Crippen molar-refractivity contribution in [2.75, 3.05) is 0 Å². The number of benzene rings is 1. The Hall–Kier alpha value is -1.40. The van der Waals surface area contributed by atoms with Crippen LogP contribution < -0.4 is 0 Å². The fourth-order valence-electron chi connectivity index (χ4n) is 1.73. The highest BCUT2D eigenvalue weighted by molar-refractivity contribution is 7.15. The first-order chi connectivity index (χ1) is 8.88. The molecule has 1 heterocycles. The van der Waals surface area contributed by atoms with E-state index >= 15 is 0 Å². The van der Waals surface area contributed by atoms with Crippen LogP contribution in [0.25, 0.3) is 10.6 Å². The Morgan fingerprint density at radius 1 is 1.32 bits per heavy atom. The van der Waals surface area contributed by atoms with Crippen LogP contribution in [0.4, 0.5) is 13.2 Å². The van der Waals surface area contributed by atoms with Crippen LogP contribution in [0.1, 0.15) is 17.4 Å². The maximum atomic E-state index is 12.9. The fourth-order valence-corrected chi connectivity index (χ4v) is 2.81. The Morgan fingerprint density at radius 2 is 2.00 bits per heavy atom. The summed E-state index contributed by atoms with van der Waals surface area (Å²) < 4.78 is 38.7. The number of rotatable bonds is 3. The van der Waals surface area contributed by atoms with Crippen LogP contribution in [0, 0.1) is 0 Å². The van der Waals surface area contributed by atoms with Crippen LogP contribution in [0.15, 0.2) is 30.5 Å². The molecule has 1 N–H and O–H groups in total. The van der Waals surface area contributed by atoms with Gasteiger partial charge < -0.3 is 5.11 Å². The molecule has 0 saturated carbocycles. The number of aliphatic hydroxyl groups excluding tert-OH is 1. The summed E-state index contributed by atoms with van der Waals surface area (Å²) in [6, 6.07) is 5.37. The monoisotopic (exact) mass is 287 g/mol. The number of thiazole rings is 1. The van der Waals surface area contributed by atoms with Gasteiger partial charge in [-0.1, -0.05) is 18.2 Å². The van der Waals surface area contributed by atoms with Gasteiger partial charge in [0.15, 0.2) is 0 Å². The van der Waals surface area contributed by atoms with Crippen LogP contribution in [0.5, 0.6) is 0 Å². The second-order valence-electron chi connectivity index (χ2n) is 4.23. The molecule has 0 fully saturated rings. The molecule has 1 aromatic heterocycles. The summed E-state index contributed by atoms with van der Waals surface area (Å²) in [7, 11) is 0. The molecule has 0 amide bonds. The van der Waals surface area contributed by atoms with Gasteiger partial charge in [-0.3, -0.25) is 0 Å². The van der Waals surface area contributed by atoms with Crippen molar-refractivity contribution < 1.29 is 18.3 Å². The number of hydrogen-bond donors (Lipinski definition) is 1. The second-order valence-corrected chi connectivity index (χ2v) is 5.34. The molecule has 0 radical (unpaired) electrons. The number of halogens is 3. The lowest BCUT2D eigenvalue weighted by molar-refractivity contribution is -0.137. The van der Waals surface area contributed by atoms with E-state index in [0.29, 0.717) is 11.4 Å². The van der Waals surface area contributed by atoms with E-state index in [1.54, 1.807) is 13.0 Å². The fraction of sp³-hybridized carbons (Fsp3) is 0.308. The predicted octanol–water partition coefficient (Wildman–Crippen LogP) is 3.75. The molecule has 0 aliphatic carbocycles. The third-order valence-electron chi connectivity index (χ3n) is 2.51. The van der Waals surface area contributed by atoms with Gasteiger partial charge in [-0.15, -0.1) is 11.3 Å². The van der Waals surface area contributed by atoms with Crippen LogP contribution in [-0.2, 0) is 12.6 Å². The highest BCUT2D eigenvalue weighted by Gasteiger charge is 2.33. The Morgan fingerprint density at radius 3 is 2.63 bits per heavy atom. The topological polar surface area (TPSA) is 33.1 Å². The van der Waals surface area contributed by atoms with Gasteiger partial charge in [-0.05, 0) is 13.0 Å². The van der Waals surface area contributed by atoms with E-state index in [1.807, 2.05) is 0 Å². The molecule has 6 heteroatoms. The highest BCUT2D eigenvalue weighted by Crippen LogP contribution is 2.38.